The summed E-state index contributed by atoms with van der Waals surface area (Å²) in [6.45, 7) is 0. The Bertz CT molecular complexity index is 1060. The summed E-state index contributed by atoms with van der Waals surface area (Å²) in [7, 11) is 0. The van der Waals surface area contributed by atoms with Crippen molar-refractivity contribution in [3.05, 3.63) is 88.9 Å². The zero-order chi connectivity index (χ0) is 21.7. The van der Waals surface area contributed by atoms with Gasteiger partial charge in [0.2, 0.25) is 0 Å². The SMILES string of the molecule is O=C(Nc1ccc(OC(=O)c2ccccc2)cc1)Nc1ccc(Cl)c(C(F)(F)F)c1. The number of rotatable bonds is 4. The van der Waals surface area contributed by atoms with Crippen LogP contribution in [0.5, 0.6) is 5.75 Å². The molecule has 0 fully saturated rings. The first-order valence-corrected chi connectivity index (χ1v) is 8.92. The third kappa shape index (κ3) is 5.51. The standard InChI is InChI=1S/C21H14ClF3N2O3/c22-18-11-8-15(12-17(18)21(23,24)25)27-20(29)26-14-6-9-16(10-7-14)30-19(28)13-4-2-1-3-5-13/h1-12H,(H2,26,27,29). The number of urea groups is 1. The Balaban J connectivity index is 1.60. The average molecular weight is 435 g/mol. The highest BCUT2D eigenvalue weighted by Crippen LogP contribution is 2.36. The van der Waals surface area contributed by atoms with E-state index in [2.05, 4.69) is 10.6 Å². The van der Waals surface area contributed by atoms with Crippen LogP contribution in [0.1, 0.15) is 15.9 Å². The number of carbonyl (C=O) groups excluding carboxylic acids is 2. The van der Waals surface area contributed by atoms with Crippen molar-refractivity contribution in [2.75, 3.05) is 10.6 Å². The highest BCUT2D eigenvalue weighted by Gasteiger charge is 2.33. The van der Waals surface area contributed by atoms with Gasteiger partial charge in [-0.25, -0.2) is 9.59 Å². The second kappa shape index (κ2) is 8.87. The normalized spacial score (nSPS) is 10.9. The van der Waals surface area contributed by atoms with Crippen molar-refractivity contribution in [2.45, 2.75) is 6.18 Å². The maximum atomic E-state index is 12.9. The topological polar surface area (TPSA) is 67.4 Å². The van der Waals surface area contributed by atoms with Crippen LogP contribution in [-0.2, 0) is 6.18 Å². The largest absolute Gasteiger partial charge is 0.423 e. The fraction of sp³-hybridized carbons (Fsp3) is 0.0476. The van der Waals surface area contributed by atoms with Crippen LogP contribution in [0, 0.1) is 0 Å². The van der Waals surface area contributed by atoms with E-state index in [1.807, 2.05) is 0 Å². The fourth-order valence-electron chi connectivity index (χ4n) is 2.46. The van der Waals surface area contributed by atoms with Crippen LogP contribution in [0.25, 0.3) is 0 Å². The predicted octanol–water partition coefficient (Wildman–Crippen LogP) is 6.22. The molecule has 0 aliphatic rings. The third-order valence-corrected chi connectivity index (χ3v) is 4.19. The molecule has 0 atom stereocenters. The molecule has 3 aromatic rings. The Morgan fingerprint density at radius 3 is 2.07 bits per heavy atom. The molecule has 0 aliphatic carbocycles. The van der Waals surface area contributed by atoms with E-state index in [0.29, 0.717) is 11.3 Å². The first-order chi connectivity index (χ1) is 14.2. The molecule has 0 aliphatic heterocycles. The second-order valence-corrected chi connectivity index (χ2v) is 6.46. The molecular weight excluding hydrogens is 421 g/mol. The lowest BCUT2D eigenvalue weighted by molar-refractivity contribution is -0.137. The number of esters is 1. The van der Waals surface area contributed by atoms with Crippen molar-refractivity contribution in [3.63, 3.8) is 0 Å². The van der Waals surface area contributed by atoms with Crippen LogP contribution < -0.4 is 15.4 Å². The number of anilines is 2. The number of ether oxygens (including phenoxy) is 1. The molecule has 154 valence electrons. The first kappa shape index (κ1) is 21.2. The molecule has 5 nitrogen and oxygen atoms in total. The quantitative estimate of drug-likeness (QED) is 0.378. The van der Waals surface area contributed by atoms with Crippen molar-refractivity contribution >= 4 is 35.0 Å². The van der Waals surface area contributed by atoms with Gasteiger partial charge in [-0.1, -0.05) is 29.8 Å². The van der Waals surface area contributed by atoms with Crippen LogP contribution in [0.3, 0.4) is 0 Å². The molecule has 0 unspecified atom stereocenters. The van der Waals surface area contributed by atoms with Gasteiger partial charge in [-0.2, -0.15) is 13.2 Å². The Morgan fingerprint density at radius 1 is 0.833 bits per heavy atom. The van der Waals surface area contributed by atoms with Crippen molar-refractivity contribution in [1.29, 1.82) is 0 Å². The number of nitrogens with one attached hydrogen (secondary N) is 2. The summed E-state index contributed by atoms with van der Waals surface area (Å²) in [4.78, 5) is 24.1. The number of halogens is 4. The summed E-state index contributed by atoms with van der Waals surface area (Å²) < 4.78 is 43.9. The predicted molar refractivity (Wildman–Crippen MR) is 107 cm³/mol. The van der Waals surface area contributed by atoms with E-state index in [4.69, 9.17) is 16.3 Å². The summed E-state index contributed by atoms with van der Waals surface area (Å²) in [5.41, 5.74) is -0.388. The monoisotopic (exact) mass is 434 g/mol. The zero-order valence-electron chi connectivity index (χ0n) is 15.2. The van der Waals surface area contributed by atoms with Crippen LogP contribution in [0.2, 0.25) is 5.02 Å². The van der Waals surface area contributed by atoms with E-state index in [0.717, 1.165) is 12.1 Å². The van der Waals surface area contributed by atoms with Gasteiger partial charge in [0.1, 0.15) is 5.75 Å². The fourth-order valence-corrected chi connectivity index (χ4v) is 2.68. The highest BCUT2D eigenvalue weighted by molar-refractivity contribution is 6.31. The van der Waals surface area contributed by atoms with E-state index in [1.165, 1.54) is 30.3 Å². The van der Waals surface area contributed by atoms with Gasteiger partial charge < -0.3 is 15.4 Å². The molecule has 0 saturated carbocycles. The van der Waals surface area contributed by atoms with Gasteiger partial charge in [-0.15, -0.1) is 0 Å². The highest BCUT2D eigenvalue weighted by atomic mass is 35.5. The maximum Gasteiger partial charge on any atom is 0.417 e. The summed E-state index contributed by atoms with van der Waals surface area (Å²) in [5, 5.41) is 4.31. The van der Waals surface area contributed by atoms with Crippen LogP contribution >= 0.6 is 11.6 Å². The van der Waals surface area contributed by atoms with Crippen LogP contribution in [-0.4, -0.2) is 12.0 Å². The lowest BCUT2D eigenvalue weighted by Crippen LogP contribution is -2.20. The Kier molecular flexibility index (Phi) is 6.27. The van der Waals surface area contributed by atoms with Gasteiger partial charge in [-0.05, 0) is 54.6 Å². The molecule has 2 amide bonds. The minimum absolute atomic E-state index is 0.0716. The second-order valence-electron chi connectivity index (χ2n) is 6.05. The number of hydrogen-bond acceptors (Lipinski definition) is 3. The van der Waals surface area contributed by atoms with Gasteiger partial charge in [-0.3, -0.25) is 0 Å². The molecule has 0 radical (unpaired) electrons. The zero-order valence-corrected chi connectivity index (χ0v) is 15.9. The van der Waals surface area contributed by atoms with Gasteiger partial charge in [0.25, 0.3) is 0 Å². The van der Waals surface area contributed by atoms with Crippen molar-refractivity contribution in [2.24, 2.45) is 0 Å². The minimum atomic E-state index is -4.64. The minimum Gasteiger partial charge on any atom is -0.423 e. The molecule has 9 heteroatoms. The number of alkyl halides is 3. The molecule has 2 N–H and O–H groups in total. The van der Waals surface area contributed by atoms with Gasteiger partial charge in [0.05, 0.1) is 16.1 Å². The van der Waals surface area contributed by atoms with E-state index in [-0.39, 0.29) is 11.4 Å². The van der Waals surface area contributed by atoms with E-state index >= 15 is 0 Å². The summed E-state index contributed by atoms with van der Waals surface area (Å²) in [5.74, 6) is -0.264. The van der Waals surface area contributed by atoms with E-state index in [9.17, 15) is 22.8 Å². The lowest BCUT2D eigenvalue weighted by atomic mass is 10.2. The summed E-state index contributed by atoms with van der Waals surface area (Å²) in [6.07, 6.45) is -4.64. The maximum absolute atomic E-state index is 12.9. The van der Waals surface area contributed by atoms with Crippen molar-refractivity contribution in [3.8, 4) is 5.75 Å². The molecule has 30 heavy (non-hydrogen) atoms. The van der Waals surface area contributed by atoms with Crippen LogP contribution in [0.4, 0.5) is 29.3 Å². The smallest absolute Gasteiger partial charge is 0.417 e. The molecule has 3 rings (SSSR count). The number of carbonyl (C=O) groups is 2. The van der Waals surface area contributed by atoms with Gasteiger partial charge in [0, 0.05) is 11.4 Å². The van der Waals surface area contributed by atoms with Crippen molar-refractivity contribution < 1.29 is 27.5 Å². The Morgan fingerprint density at radius 2 is 1.43 bits per heavy atom. The molecule has 0 spiro atoms. The summed E-state index contributed by atoms with van der Waals surface area (Å²) in [6, 6.07) is 16.6. The van der Waals surface area contributed by atoms with E-state index < -0.39 is 28.8 Å². The molecule has 0 heterocycles. The average Bonchev–Trinajstić information content (AvgIpc) is 2.70. The Labute approximate surface area is 174 Å². The number of amides is 2. The van der Waals surface area contributed by atoms with Gasteiger partial charge in [0.15, 0.2) is 0 Å². The van der Waals surface area contributed by atoms with Crippen molar-refractivity contribution in [1.82, 2.24) is 0 Å². The number of benzene rings is 3. The molecule has 0 bridgehead atoms. The molecule has 0 saturated heterocycles. The summed E-state index contributed by atoms with van der Waals surface area (Å²) >= 11 is 5.55. The molecule has 3 aromatic carbocycles. The van der Waals surface area contributed by atoms with E-state index in [1.54, 1.807) is 30.3 Å². The third-order valence-electron chi connectivity index (χ3n) is 3.86. The van der Waals surface area contributed by atoms with Crippen LogP contribution in [0.15, 0.2) is 72.8 Å². The first-order valence-electron chi connectivity index (χ1n) is 8.54. The lowest BCUT2D eigenvalue weighted by Gasteiger charge is -2.12. The Hall–Kier alpha value is -3.52. The van der Waals surface area contributed by atoms with Gasteiger partial charge >= 0.3 is 18.2 Å². The number of hydrogen-bond donors (Lipinski definition) is 2. The molecule has 0 aromatic heterocycles. The molecular formula is C21H14ClF3N2O3.